The van der Waals surface area contributed by atoms with Crippen molar-refractivity contribution in [1.82, 2.24) is 3.38 Å². The normalized spacial score (nSPS) is 10.3. The summed E-state index contributed by atoms with van der Waals surface area (Å²) < 4.78 is 2.49. The Kier molecular flexibility index (Phi) is 18.3. The number of rotatable bonds is 10. The first-order chi connectivity index (χ1) is 6.81. The van der Waals surface area contributed by atoms with Crippen LogP contribution < -0.4 is 0 Å². The second-order valence-electron chi connectivity index (χ2n) is 4.11. The van der Waals surface area contributed by atoms with Gasteiger partial charge in [-0.3, -0.25) is 0 Å². The molecule has 0 rings (SSSR count). The van der Waals surface area contributed by atoms with Crippen molar-refractivity contribution >= 4 is 12.4 Å². The molecule has 0 bridgehead atoms. The Morgan fingerprint density at radius 2 is 1.13 bits per heavy atom. The van der Waals surface area contributed by atoms with Crippen LogP contribution in [0.1, 0.15) is 65.2 Å². The summed E-state index contributed by atoms with van der Waals surface area (Å²) in [6.07, 6.45) is 11.1. The third-order valence-electron chi connectivity index (χ3n) is 2.56. The van der Waals surface area contributed by atoms with Crippen molar-refractivity contribution in [3.05, 3.63) is 0 Å². The minimum absolute atomic E-state index is 0. The molecule has 1 nitrogen and oxygen atoms in total. The number of nitrogens with zero attached hydrogens (tertiary/aromatic N) is 1. The van der Waals surface area contributed by atoms with Gasteiger partial charge in [-0.1, -0.05) is 0 Å². The summed E-state index contributed by atoms with van der Waals surface area (Å²) in [6, 6.07) is 0. The van der Waals surface area contributed by atoms with Gasteiger partial charge in [0.25, 0.3) is 0 Å². The molecule has 0 atom stereocenters. The third-order valence-corrected chi connectivity index (χ3v) is 3.26. The molecule has 91 valence electrons. The topological polar surface area (TPSA) is 3.24 Å². The maximum atomic E-state index is 2.49. The molecule has 0 aliphatic carbocycles. The first kappa shape index (κ1) is 18.3. The van der Waals surface area contributed by atoms with Crippen molar-refractivity contribution in [3.8, 4) is 0 Å². The van der Waals surface area contributed by atoms with Gasteiger partial charge in [-0.15, -0.1) is 12.4 Å². The van der Waals surface area contributed by atoms with Gasteiger partial charge < -0.3 is 0 Å². The molecular formula is C12H27ClNTi. The van der Waals surface area contributed by atoms with Crippen molar-refractivity contribution in [3.63, 3.8) is 0 Å². The Hall–Kier alpha value is 0.964. The molecular weight excluding hydrogens is 241 g/mol. The van der Waals surface area contributed by atoms with Gasteiger partial charge in [0.1, 0.15) is 0 Å². The van der Waals surface area contributed by atoms with Crippen molar-refractivity contribution in [2.75, 3.05) is 13.1 Å². The molecule has 0 unspecified atom stereocenters. The fourth-order valence-electron chi connectivity index (χ4n) is 1.57. The van der Waals surface area contributed by atoms with Gasteiger partial charge >= 0.3 is 102 Å². The monoisotopic (exact) mass is 268 g/mol. The molecule has 0 fully saturated rings. The zero-order valence-electron chi connectivity index (χ0n) is 10.4. The minimum atomic E-state index is 0. The summed E-state index contributed by atoms with van der Waals surface area (Å²) in [4.78, 5) is 0. The Bertz CT molecular complexity index is 99.8. The van der Waals surface area contributed by atoms with Crippen LogP contribution >= 0.6 is 12.4 Å². The van der Waals surface area contributed by atoms with Gasteiger partial charge in [-0.2, -0.15) is 0 Å². The van der Waals surface area contributed by atoms with Crippen LogP contribution in [0.3, 0.4) is 0 Å². The molecule has 0 amide bonds. The summed E-state index contributed by atoms with van der Waals surface area (Å²) in [7, 11) is 0. The number of unbranched alkanes of at least 4 members (excludes halogenated alkanes) is 6. The summed E-state index contributed by atoms with van der Waals surface area (Å²) >= 11 is 2.26. The van der Waals surface area contributed by atoms with Crippen molar-refractivity contribution in [2.24, 2.45) is 0 Å². The summed E-state index contributed by atoms with van der Waals surface area (Å²) in [6.45, 7) is 7.14. The SMILES string of the molecule is CCCCCC[N]([Ti])CCCCCC.Cl. The molecule has 0 spiro atoms. The maximum absolute atomic E-state index is 2.49. The average Bonchev–Trinajstić information content (AvgIpc) is 2.19. The molecule has 0 aliphatic rings. The third kappa shape index (κ3) is 15.0. The van der Waals surface area contributed by atoms with E-state index in [0.717, 1.165) is 0 Å². The zero-order chi connectivity index (χ0) is 10.6. The molecule has 0 N–H and O–H groups in total. The number of hydrogen-bond acceptors (Lipinski definition) is 1. The van der Waals surface area contributed by atoms with E-state index in [2.05, 4.69) is 37.9 Å². The molecule has 0 aromatic carbocycles. The second kappa shape index (κ2) is 15.0. The Labute approximate surface area is 115 Å². The van der Waals surface area contributed by atoms with Gasteiger partial charge in [0.05, 0.1) is 0 Å². The number of hydrogen-bond donors (Lipinski definition) is 0. The van der Waals surface area contributed by atoms with Gasteiger partial charge in [-0.05, 0) is 0 Å². The van der Waals surface area contributed by atoms with Crippen LogP contribution in [0.2, 0.25) is 0 Å². The van der Waals surface area contributed by atoms with E-state index in [1.165, 1.54) is 64.5 Å². The average molecular weight is 269 g/mol. The van der Waals surface area contributed by atoms with E-state index in [9.17, 15) is 0 Å². The van der Waals surface area contributed by atoms with Crippen LogP contribution in [0.15, 0.2) is 0 Å². The minimum Gasteiger partial charge on any atom is -0.147 e. The molecule has 0 aliphatic heterocycles. The Balaban J connectivity index is 0. The molecule has 0 heterocycles. The van der Waals surface area contributed by atoms with Gasteiger partial charge in [0.2, 0.25) is 0 Å². The molecule has 3 heteroatoms. The van der Waals surface area contributed by atoms with Gasteiger partial charge in [-0.25, -0.2) is 0 Å². The van der Waals surface area contributed by atoms with Crippen molar-refractivity contribution < 1.29 is 20.7 Å². The van der Waals surface area contributed by atoms with E-state index < -0.39 is 0 Å². The van der Waals surface area contributed by atoms with E-state index in [-0.39, 0.29) is 12.4 Å². The number of halogens is 1. The largest absolute Gasteiger partial charge is 0.147 e. The summed E-state index contributed by atoms with van der Waals surface area (Å²) in [5, 5.41) is 0. The van der Waals surface area contributed by atoms with Crippen LogP contribution in [-0.4, -0.2) is 16.5 Å². The van der Waals surface area contributed by atoms with Crippen LogP contribution in [0.4, 0.5) is 0 Å². The fourth-order valence-corrected chi connectivity index (χ4v) is 2.06. The zero-order valence-corrected chi connectivity index (χ0v) is 12.8. The van der Waals surface area contributed by atoms with Crippen LogP contribution in [0.25, 0.3) is 0 Å². The predicted octanol–water partition coefficient (Wildman–Crippen LogP) is 4.33. The van der Waals surface area contributed by atoms with E-state index >= 15 is 0 Å². The standard InChI is InChI=1S/C12H26N.ClH.Ti/c1-3-5-7-9-11-13-12-10-8-6-4-2;;/h3-12H2,1-2H3;1H;/q-1;;+1. The second-order valence-corrected chi connectivity index (χ2v) is 5.10. The van der Waals surface area contributed by atoms with Gasteiger partial charge in [0, 0.05) is 0 Å². The van der Waals surface area contributed by atoms with E-state index in [1.807, 2.05) is 0 Å². The summed E-state index contributed by atoms with van der Waals surface area (Å²) in [5.74, 6) is 0. The maximum Gasteiger partial charge on any atom is -0.147 e. The van der Waals surface area contributed by atoms with Crippen LogP contribution in [0.5, 0.6) is 0 Å². The molecule has 15 heavy (non-hydrogen) atoms. The Morgan fingerprint density at radius 3 is 1.47 bits per heavy atom. The van der Waals surface area contributed by atoms with Crippen molar-refractivity contribution in [1.29, 1.82) is 0 Å². The first-order valence-electron chi connectivity index (χ1n) is 6.27. The predicted molar refractivity (Wildman–Crippen MR) is 67.1 cm³/mol. The van der Waals surface area contributed by atoms with Crippen molar-refractivity contribution in [2.45, 2.75) is 65.2 Å². The molecule has 0 aromatic heterocycles. The smallest absolute Gasteiger partial charge is 0.147 e. The quantitative estimate of drug-likeness (QED) is 0.421. The molecule has 0 saturated carbocycles. The molecule has 0 aromatic rings. The van der Waals surface area contributed by atoms with Crippen LogP contribution in [-0.2, 0) is 20.7 Å². The van der Waals surface area contributed by atoms with Crippen LogP contribution in [0, 0.1) is 0 Å². The summed E-state index contributed by atoms with van der Waals surface area (Å²) in [5.41, 5.74) is 0. The first-order valence-corrected chi connectivity index (χ1v) is 6.97. The molecule has 0 radical (unpaired) electrons. The Morgan fingerprint density at radius 1 is 0.733 bits per heavy atom. The van der Waals surface area contributed by atoms with Gasteiger partial charge in [0.15, 0.2) is 0 Å². The molecule has 0 saturated heterocycles. The fraction of sp³-hybridized carbons (Fsp3) is 1.00. The van der Waals surface area contributed by atoms with E-state index in [4.69, 9.17) is 0 Å². The van der Waals surface area contributed by atoms with E-state index in [0.29, 0.717) is 0 Å². The van der Waals surface area contributed by atoms with E-state index in [1.54, 1.807) is 0 Å².